The molecule has 4 N–H and O–H groups in total. The number of aromatic hydroxyl groups is 1. The minimum absolute atomic E-state index is 0.0391. The van der Waals surface area contributed by atoms with Gasteiger partial charge in [0, 0.05) is 16.9 Å². The number of fused-ring (bicyclic) bond motifs is 1. The Hall–Kier alpha value is -3.07. The van der Waals surface area contributed by atoms with Gasteiger partial charge in [0.2, 0.25) is 12.2 Å². The highest BCUT2D eigenvalue weighted by molar-refractivity contribution is 5.98. The third kappa shape index (κ3) is 5.82. The highest BCUT2D eigenvalue weighted by atomic mass is 19.4. The lowest BCUT2D eigenvalue weighted by molar-refractivity contribution is -0.156. The summed E-state index contributed by atoms with van der Waals surface area (Å²) in [4.78, 5) is 21.2. The Morgan fingerprint density at radius 1 is 1.08 bits per heavy atom. The molecule has 0 aromatic heterocycles. The van der Waals surface area contributed by atoms with Gasteiger partial charge < -0.3 is 21.1 Å². The Bertz CT molecular complexity index is 1190. The summed E-state index contributed by atoms with van der Waals surface area (Å²) in [5, 5.41) is 21.3. The zero-order valence-electron chi connectivity index (χ0n) is 22.0. The molecule has 1 saturated carbocycles. The second-order valence-electron chi connectivity index (χ2n) is 11.6. The molecule has 5 rings (SSSR count). The van der Waals surface area contributed by atoms with Gasteiger partial charge >= 0.3 is 6.18 Å². The van der Waals surface area contributed by atoms with E-state index in [1.807, 2.05) is 51.1 Å². The summed E-state index contributed by atoms with van der Waals surface area (Å²) >= 11 is 0. The molecule has 3 aliphatic rings. The monoisotopic (exact) mass is 531 g/mol. The lowest BCUT2D eigenvalue weighted by atomic mass is 9.53. The fraction of sp³-hybridized carbons (Fsp3) is 0.517. The van der Waals surface area contributed by atoms with Gasteiger partial charge in [-0.15, -0.1) is 0 Å². The van der Waals surface area contributed by atoms with E-state index >= 15 is 0 Å². The molecule has 2 aromatic rings. The number of rotatable bonds is 3. The van der Waals surface area contributed by atoms with Gasteiger partial charge in [-0.2, -0.15) is 13.2 Å². The first-order valence-corrected chi connectivity index (χ1v) is 13.1. The maximum Gasteiger partial charge on any atom is 0.446 e. The number of hydrogen-bond acceptors (Lipinski definition) is 5. The maximum absolute atomic E-state index is 12.5. The normalized spacial score (nSPS) is 24.2. The van der Waals surface area contributed by atoms with Crippen LogP contribution in [0.3, 0.4) is 0 Å². The molecule has 3 atom stereocenters. The van der Waals surface area contributed by atoms with Gasteiger partial charge in [0.05, 0.1) is 17.1 Å². The van der Waals surface area contributed by atoms with E-state index in [1.165, 1.54) is 36.8 Å². The Labute approximate surface area is 221 Å². The molecule has 0 unspecified atom stereocenters. The molecule has 206 valence electrons. The minimum atomic E-state index is -4.64. The van der Waals surface area contributed by atoms with Crippen molar-refractivity contribution >= 4 is 29.3 Å². The van der Waals surface area contributed by atoms with E-state index in [2.05, 4.69) is 22.0 Å². The van der Waals surface area contributed by atoms with Crippen molar-refractivity contribution in [2.45, 2.75) is 76.9 Å². The van der Waals surface area contributed by atoms with Crippen molar-refractivity contribution in [2.24, 2.45) is 11.3 Å². The summed E-state index contributed by atoms with van der Waals surface area (Å²) in [7, 11) is 0. The van der Waals surface area contributed by atoms with Crippen molar-refractivity contribution in [2.75, 3.05) is 17.2 Å². The smallest absolute Gasteiger partial charge is 0.446 e. The number of nitrogens with one attached hydrogen (secondary N) is 3. The number of phenols is 1. The van der Waals surface area contributed by atoms with Gasteiger partial charge in [-0.3, -0.25) is 9.59 Å². The lowest BCUT2D eigenvalue weighted by Crippen LogP contribution is -2.59. The standard InChI is InChI=1S/C27H35N3O2.C2HF3O/c1-26(2,3)25(32)30-21-10-5-4-9-20(21)29-23-15-17-14-22-18-8-6-7-11-27(18,12-13-28-22)19(17)16-24(23)31;3-2(4,5)1-6/h4-5,9-10,15-16,18,22,28-29,31H,6-8,11-14H2,1-3H3,(H,30,32);1H/t18-,22+,27+;/m1./s1. The third-order valence-electron chi connectivity index (χ3n) is 8.02. The average Bonchev–Trinajstić information content (AvgIpc) is 2.85. The fourth-order valence-corrected chi connectivity index (χ4v) is 6.23. The molecule has 1 aliphatic heterocycles. The molecule has 2 aliphatic carbocycles. The summed E-state index contributed by atoms with van der Waals surface area (Å²) in [6, 6.07) is 12.4. The molecule has 0 radical (unpaired) electrons. The Morgan fingerprint density at radius 3 is 2.42 bits per heavy atom. The molecule has 2 bridgehead atoms. The summed E-state index contributed by atoms with van der Waals surface area (Å²) in [6.45, 7) is 6.77. The molecule has 38 heavy (non-hydrogen) atoms. The summed E-state index contributed by atoms with van der Waals surface area (Å²) < 4.78 is 31.2. The van der Waals surface area contributed by atoms with Crippen LogP contribution >= 0.6 is 0 Å². The molecule has 1 heterocycles. The van der Waals surface area contributed by atoms with Gasteiger partial charge in [-0.1, -0.05) is 45.7 Å². The van der Waals surface area contributed by atoms with Crippen LogP contribution in [-0.4, -0.2) is 36.1 Å². The number of amides is 1. The zero-order chi connectivity index (χ0) is 27.7. The molecule has 2 aromatic carbocycles. The SMILES string of the molecule is CC(C)(C)C(=O)Nc1ccccc1Nc1cc2c(cc1O)[C@]13CCCC[C@@H]1[C@H](C2)NCC3.O=CC(F)(F)F. The van der Waals surface area contributed by atoms with Crippen molar-refractivity contribution in [3.63, 3.8) is 0 Å². The number of carbonyl (C=O) groups excluding carboxylic acids is 2. The molecule has 6 nitrogen and oxygen atoms in total. The highest BCUT2D eigenvalue weighted by Crippen LogP contribution is 2.55. The average molecular weight is 532 g/mol. The van der Waals surface area contributed by atoms with Crippen LogP contribution in [0.4, 0.5) is 30.2 Å². The Balaban J connectivity index is 0.000000505. The van der Waals surface area contributed by atoms with Crippen LogP contribution in [0.5, 0.6) is 5.75 Å². The van der Waals surface area contributed by atoms with Crippen LogP contribution in [0.1, 0.15) is 64.0 Å². The maximum atomic E-state index is 12.5. The van der Waals surface area contributed by atoms with Gasteiger partial charge in [0.15, 0.2) is 0 Å². The predicted octanol–water partition coefficient (Wildman–Crippen LogP) is 6.21. The number of phenolic OH excluding ortho intramolecular Hbond substituents is 1. The number of piperidine rings is 1. The molecule has 1 saturated heterocycles. The van der Waals surface area contributed by atoms with Crippen LogP contribution in [0, 0.1) is 11.3 Å². The molecule has 9 heteroatoms. The van der Waals surface area contributed by atoms with E-state index in [9.17, 15) is 23.1 Å². The van der Waals surface area contributed by atoms with Crippen molar-refractivity contribution in [3.05, 3.63) is 47.5 Å². The van der Waals surface area contributed by atoms with Gasteiger partial charge in [-0.25, -0.2) is 0 Å². The zero-order valence-corrected chi connectivity index (χ0v) is 22.0. The number of para-hydroxylation sites is 2. The van der Waals surface area contributed by atoms with Crippen LogP contribution in [0.25, 0.3) is 0 Å². The Kier molecular flexibility index (Phi) is 7.79. The quantitative estimate of drug-likeness (QED) is 0.279. The summed E-state index contributed by atoms with van der Waals surface area (Å²) in [5.41, 5.74) is 4.65. The van der Waals surface area contributed by atoms with E-state index in [0.29, 0.717) is 23.3 Å². The number of aldehydes is 1. The number of hydrogen-bond donors (Lipinski definition) is 4. The second kappa shape index (κ2) is 10.6. The molecular formula is C29H36F3N3O3. The van der Waals surface area contributed by atoms with E-state index in [-0.39, 0.29) is 17.1 Å². The second-order valence-corrected chi connectivity index (χ2v) is 11.6. The summed E-state index contributed by atoms with van der Waals surface area (Å²) in [5.74, 6) is 0.934. The van der Waals surface area contributed by atoms with Crippen molar-refractivity contribution in [1.82, 2.24) is 5.32 Å². The summed E-state index contributed by atoms with van der Waals surface area (Å²) in [6.07, 6.45) is 1.60. The van der Waals surface area contributed by atoms with Crippen molar-refractivity contribution in [3.8, 4) is 5.75 Å². The van der Waals surface area contributed by atoms with E-state index < -0.39 is 17.9 Å². The number of carbonyl (C=O) groups is 2. The molecule has 2 fully saturated rings. The first-order valence-electron chi connectivity index (χ1n) is 13.1. The van der Waals surface area contributed by atoms with Crippen LogP contribution in [-0.2, 0) is 21.4 Å². The number of benzene rings is 2. The van der Waals surface area contributed by atoms with Gasteiger partial charge in [0.25, 0.3) is 0 Å². The van der Waals surface area contributed by atoms with Gasteiger partial charge in [-0.05, 0) is 73.5 Å². The molecule has 1 amide bonds. The number of halogens is 3. The lowest BCUT2D eigenvalue weighted by Gasteiger charge is -2.56. The highest BCUT2D eigenvalue weighted by Gasteiger charge is 2.51. The van der Waals surface area contributed by atoms with Crippen molar-refractivity contribution in [1.29, 1.82) is 0 Å². The first kappa shape index (κ1) is 28.0. The number of alkyl halides is 3. The van der Waals surface area contributed by atoms with E-state index in [4.69, 9.17) is 4.79 Å². The van der Waals surface area contributed by atoms with E-state index in [0.717, 1.165) is 25.1 Å². The van der Waals surface area contributed by atoms with Gasteiger partial charge in [0.1, 0.15) is 5.75 Å². The van der Waals surface area contributed by atoms with Crippen molar-refractivity contribution < 1.29 is 27.9 Å². The van der Waals surface area contributed by atoms with E-state index in [1.54, 1.807) is 0 Å². The minimum Gasteiger partial charge on any atom is -0.506 e. The topological polar surface area (TPSA) is 90.5 Å². The predicted molar refractivity (Wildman–Crippen MR) is 142 cm³/mol. The van der Waals surface area contributed by atoms with Crippen LogP contribution < -0.4 is 16.0 Å². The van der Waals surface area contributed by atoms with Crippen LogP contribution in [0.2, 0.25) is 0 Å². The molecule has 0 spiro atoms. The first-order chi connectivity index (χ1) is 17.8. The number of anilines is 3. The molecular weight excluding hydrogens is 495 g/mol. The fourth-order valence-electron chi connectivity index (χ4n) is 6.23. The Morgan fingerprint density at radius 2 is 1.76 bits per heavy atom. The largest absolute Gasteiger partial charge is 0.506 e. The van der Waals surface area contributed by atoms with Crippen LogP contribution in [0.15, 0.2) is 36.4 Å². The third-order valence-corrected chi connectivity index (χ3v) is 8.02.